The number of aliphatic hydroxyl groups is 2. The summed E-state index contributed by atoms with van der Waals surface area (Å²) in [6.07, 6.45) is -3.60. The van der Waals surface area contributed by atoms with Crippen molar-refractivity contribution in [3.05, 3.63) is 52.6 Å². The molecule has 3 rings (SSSR count). The maximum atomic E-state index is 11.8. The highest BCUT2D eigenvalue weighted by Crippen LogP contribution is 2.28. The first-order chi connectivity index (χ1) is 16.2. The maximum absolute atomic E-state index is 11.8. The molecule has 194 valence electrons. The molecule has 0 aliphatic carbocycles. The molecular formula is C21H30N4O9S. The number of nitrogens with zero attached hydrogens (tertiary/aromatic N) is 2. The van der Waals surface area contributed by atoms with Crippen LogP contribution in [0.4, 0.5) is 5.82 Å². The van der Waals surface area contributed by atoms with Crippen LogP contribution in [0.2, 0.25) is 0 Å². The number of rotatable bonds is 6. The molecule has 0 spiro atoms. The lowest BCUT2D eigenvalue weighted by molar-refractivity contribution is -0.152. The number of aryl methyl sites for hydroxylation is 1. The van der Waals surface area contributed by atoms with Gasteiger partial charge < -0.3 is 31.2 Å². The molecule has 14 heteroatoms. The molecule has 7 N–H and O–H groups in total. The quantitative estimate of drug-likeness (QED) is 0.237. The van der Waals surface area contributed by atoms with E-state index in [9.17, 15) is 28.2 Å². The van der Waals surface area contributed by atoms with Gasteiger partial charge in [0.15, 0.2) is 6.23 Å². The van der Waals surface area contributed by atoms with E-state index in [0.717, 1.165) is 10.1 Å². The molecule has 1 fully saturated rings. The van der Waals surface area contributed by atoms with E-state index in [1.54, 1.807) is 26.0 Å². The number of hydrogen-bond acceptors (Lipinski definition) is 11. The van der Waals surface area contributed by atoms with E-state index in [4.69, 9.17) is 25.5 Å². The molecule has 0 radical (unpaired) electrons. The molecule has 0 unspecified atom stereocenters. The molecule has 0 bridgehead atoms. The first-order valence-corrected chi connectivity index (χ1v) is 12.0. The van der Waals surface area contributed by atoms with Crippen LogP contribution in [-0.4, -0.2) is 69.7 Å². The van der Waals surface area contributed by atoms with E-state index in [2.05, 4.69) is 4.98 Å². The molecule has 0 saturated carbocycles. The van der Waals surface area contributed by atoms with Gasteiger partial charge in [-0.3, -0.25) is 13.9 Å². The van der Waals surface area contributed by atoms with Gasteiger partial charge in [0.2, 0.25) is 0 Å². The highest BCUT2D eigenvalue weighted by Gasteiger charge is 2.44. The summed E-state index contributed by atoms with van der Waals surface area (Å²) in [5.41, 5.74) is 11.3. The van der Waals surface area contributed by atoms with Crippen molar-refractivity contribution in [2.24, 2.45) is 11.7 Å². The fraction of sp³-hybridized carbons (Fsp3) is 0.476. The van der Waals surface area contributed by atoms with Gasteiger partial charge in [-0.1, -0.05) is 31.5 Å². The molecule has 2 heterocycles. The van der Waals surface area contributed by atoms with Gasteiger partial charge in [-0.05, 0) is 31.0 Å². The van der Waals surface area contributed by atoms with Crippen LogP contribution in [0.25, 0.3) is 0 Å². The number of aliphatic hydroxyl groups excluding tert-OH is 2. The van der Waals surface area contributed by atoms with Crippen LogP contribution in [0.5, 0.6) is 0 Å². The second kappa shape index (κ2) is 11.7. The number of carbonyl (C=O) groups excluding carboxylic acids is 1. The first-order valence-electron chi connectivity index (χ1n) is 10.5. The Morgan fingerprint density at radius 3 is 2.31 bits per heavy atom. The Morgan fingerprint density at radius 2 is 1.80 bits per heavy atom. The minimum atomic E-state index is -4.02. The van der Waals surface area contributed by atoms with Crippen LogP contribution in [0.15, 0.2) is 46.2 Å². The Labute approximate surface area is 202 Å². The van der Waals surface area contributed by atoms with Crippen LogP contribution >= 0.6 is 0 Å². The number of ether oxygens (including phenoxy) is 2. The molecule has 1 aliphatic heterocycles. The van der Waals surface area contributed by atoms with Gasteiger partial charge in [-0.2, -0.15) is 13.4 Å². The van der Waals surface area contributed by atoms with E-state index >= 15 is 0 Å². The lowest BCUT2D eigenvalue weighted by Gasteiger charge is -2.18. The lowest BCUT2D eigenvalue weighted by atomic mass is 10.1. The molecule has 1 aliphatic rings. The summed E-state index contributed by atoms with van der Waals surface area (Å²) in [6.45, 7) is 5.08. The van der Waals surface area contributed by atoms with Gasteiger partial charge in [0.05, 0.1) is 4.90 Å². The molecular weight excluding hydrogens is 484 g/mol. The minimum Gasteiger partial charge on any atom is -0.462 e. The predicted molar refractivity (Wildman–Crippen MR) is 124 cm³/mol. The summed E-state index contributed by atoms with van der Waals surface area (Å²) in [4.78, 5) is 27.0. The standard InChI is InChI=1S/C14H22N4O6.C7H8O3S/c1-6(2)9(16)13(21)23-5-7-10(19)11(20)12(24-7)18-4-3-8(15)17-14(18)22;1-6-2-4-7(5-3-6)11(8,9)10/h3-4,6-7,9-12,19-20H,5,16H2,1-2H3,(H2,15,17,22);2-5H,1H3,(H,8,9,10)/t7-,9+,10-,11+,12-;/m1./s1. The Morgan fingerprint density at radius 1 is 1.20 bits per heavy atom. The summed E-state index contributed by atoms with van der Waals surface area (Å²) in [5, 5.41) is 20.1. The number of hydrogen-bond donors (Lipinski definition) is 5. The Bertz CT molecular complexity index is 1170. The number of esters is 1. The zero-order valence-electron chi connectivity index (χ0n) is 19.4. The molecule has 1 aromatic heterocycles. The lowest BCUT2D eigenvalue weighted by Crippen LogP contribution is -2.40. The van der Waals surface area contributed by atoms with E-state index in [-0.39, 0.29) is 23.2 Å². The maximum Gasteiger partial charge on any atom is 0.351 e. The van der Waals surface area contributed by atoms with E-state index in [1.807, 2.05) is 6.92 Å². The van der Waals surface area contributed by atoms with Gasteiger partial charge in [-0.15, -0.1) is 0 Å². The molecule has 35 heavy (non-hydrogen) atoms. The van der Waals surface area contributed by atoms with E-state index in [0.29, 0.717) is 0 Å². The second-order valence-electron chi connectivity index (χ2n) is 8.28. The van der Waals surface area contributed by atoms with E-state index in [1.165, 1.54) is 24.4 Å². The van der Waals surface area contributed by atoms with Crippen LogP contribution in [-0.2, 0) is 24.4 Å². The van der Waals surface area contributed by atoms with Crippen molar-refractivity contribution in [3.63, 3.8) is 0 Å². The third-order valence-corrected chi connectivity index (χ3v) is 6.03. The average molecular weight is 515 g/mol. The van der Waals surface area contributed by atoms with Gasteiger partial charge in [0.25, 0.3) is 10.1 Å². The van der Waals surface area contributed by atoms with Crippen molar-refractivity contribution in [1.82, 2.24) is 9.55 Å². The number of benzene rings is 1. The fourth-order valence-electron chi connectivity index (χ4n) is 2.96. The largest absolute Gasteiger partial charge is 0.462 e. The van der Waals surface area contributed by atoms with Crippen molar-refractivity contribution < 1.29 is 37.5 Å². The van der Waals surface area contributed by atoms with Crippen molar-refractivity contribution in [2.45, 2.75) is 56.2 Å². The van der Waals surface area contributed by atoms with Crippen molar-refractivity contribution in [2.75, 3.05) is 12.3 Å². The predicted octanol–water partition coefficient (Wildman–Crippen LogP) is -0.787. The highest BCUT2D eigenvalue weighted by molar-refractivity contribution is 7.85. The molecule has 13 nitrogen and oxygen atoms in total. The summed E-state index contributed by atoms with van der Waals surface area (Å²) in [7, 11) is -4.02. The third-order valence-electron chi connectivity index (χ3n) is 5.16. The molecule has 1 saturated heterocycles. The van der Waals surface area contributed by atoms with Crippen LogP contribution in [0.3, 0.4) is 0 Å². The highest BCUT2D eigenvalue weighted by atomic mass is 32.2. The summed E-state index contributed by atoms with van der Waals surface area (Å²) >= 11 is 0. The number of carbonyl (C=O) groups is 1. The van der Waals surface area contributed by atoms with Gasteiger partial charge in [-0.25, -0.2) is 4.79 Å². The van der Waals surface area contributed by atoms with Crippen molar-refractivity contribution in [1.29, 1.82) is 0 Å². The number of nitrogen functional groups attached to an aromatic ring is 1. The zero-order valence-corrected chi connectivity index (χ0v) is 20.2. The van der Waals surface area contributed by atoms with Crippen LogP contribution < -0.4 is 17.2 Å². The number of aromatic nitrogens is 2. The van der Waals surface area contributed by atoms with Gasteiger partial charge in [0, 0.05) is 6.20 Å². The second-order valence-corrected chi connectivity index (χ2v) is 9.70. The molecule has 5 atom stereocenters. The molecule has 1 aromatic carbocycles. The number of anilines is 1. The average Bonchev–Trinajstić information content (AvgIpc) is 3.05. The number of nitrogens with two attached hydrogens (primary N) is 2. The van der Waals surface area contributed by atoms with Crippen LogP contribution in [0.1, 0.15) is 25.6 Å². The minimum absolute atomic E-state index is 0.0254. The van der Waals surface area contributed by atoms with E-state index < -0.39 is 52.4 Å². The normalized spacial score (nSPS) is 22.9. The third kappa shape index (κ3) is 7.55. The molecule has 2 aromatic rings. The monoisotopic (exact) mass is 514 g/mol. The SMILES string of the molecule is CC(C)[C@H](N)C(=O)OC[C@H]1O[C@@H](n2ccc(N)nc2=O)[C@@H](O)[C@@H]1O.Cc1ccc(S(=O)(=O)O)cc1. The summed E-state index contributed by atoms with van der Waals surface area (Å²) < 4.78 is 41.0. The summed E-state index contributed by atoms with van der Waals surface area (Å²) in [6, 6.07) is 6.55. The van der Waals surface area contributed by atoms with Crippen molar-refractivity contribution >= 4 is 21.9 Å². The smallest absolute Gasteiger partial charge is 0.351 e. The van der Waals surface area contributed by atoms with Crippen LogP contribution in [0, 0.1) is 12.8 Å². The van der Waals surface area contributed by atoms with Gasteiger partial charge >= 0.3 is 11.7 Å². The van der Waals surface area contributed by atoms with Gasteiger partial charge in [0.1, 0.15) is 36.8 Å². The Balaban J connectivity index is 0.000000328. The Hall–Kier alpha value is -2.88. The topological polar surface area (TPSA) is 217 Å². The Kier molecular flexibility index (Phi) is 9.48. The molecule has 0 amide bonds. The summed E-state index contributed by atoms with van der Waals surface area (Å²) in [5.74, 6) is -0.716. The fourth-order valence-corrected chi connectivity index (χ4v) is 3.44. The first kappa shape index (κ1) is 28.4. The zero-order chi connectivity index (χ0) is 26.5. The van der Waals surface area contributed by atoms with Crippen molar-refractivity contribution in [3.8, 4) is 0 Å².